The van der Waals surface area contributed by atoms with Crippen molar-refractivity contribution in [3.63, 3.8) is 0 Å². The fourth-order valence-electron chi connectivity index (χ4n) is 0.644. The Morgan fingerprint density at radius 2 is 2.00 bits per heavy atom. The number of hydrogen-bond donors (Lipinski definition) is 1. The van der Waals surface area contributed by atoms with Crippen LogP contribution in [0.25, 0.3) is 0 Å². The average Bonchev–Trinajstić information content (AvgIpc) is 1.63. The van der Waals surface area contributed by atoms with Crippen LogP contribution in [0.5, 0.6) is 0 Å². The number of quaternary nitrogens is 1. The third kappa shape index (κ3) is 7.88. The summed E-state index contributed by atoms with van der Waals surface area (Å²) in [7, 11) is 5.66. The molecule has 3 nitrogen and oxygen atoms in total. The monoisotopic (exact) mass is 132 g/mol. The maximum absolute atomic E-state index is 10.4. The second-order valence-corrected chi connectivity index (χ2v) is 2.61. The third-order valence-corrected chi connectivity index (χ3v) is 1.13. The summed E-state index contributed by atoms with van der Waals surface area (Å²) in [5.74, 6) is 0. The van der Waals surface area contributed by atoms with E-state index in [1.165, 1.54) is 0 Å². The molecule has 0 saturated carbocycles. The van der Waals surface area contributed by atoms with E-state index in [0.717, 1.165) is 19.5 Å². The van der Waals surface area contributed by atoms with Crippen LogP contribution in [0.2, 0.25) is 0 Å². The van der Waals surface area contributed by atoms with E-state index in [0.29, 0.717) is 0 Å². The first kappa shape index (κ1) is 8.88. The Balaban J connectivity index is 2.91. The Morgan fingerprint density at radius 3 is 2.33 bits per heavy atom. The first-order valence-electron chi connectivity index (χ1n) is 3.27. The van der Waals surface area contributed by atoms with E-state index in [9.17, 15) is 5.21 Å². The lowest BCUT2D eigenvalue weighted by Gasteiger charge is -2.17. The van der Waals surface area contributed by atoms with Crippen LogP contribution in [0, 0.1) is 5.21 Å². The lowest BCUT2D eigenvalue weighted by atomic mass is 10.4. The van der Waals surface area contributed by atoms with E-state index in [1.807, 2.05) is 14.1 Å². The van der Waals surface area contributed by atoms with Gasteiger partial charge < -0.3 is 15.2 Å². The summed E-state index contributed by atoms with van der Waals surface area (Å²) in [5, 5.41) is 10.7. The molecule has 1 atom stereocenters. The smallest absolute Gasteiger partial charge is 0.0778 e. The molecule has 0 bridgehead atoms. The maximum atomic E-state index is 10.4. The molecule has 0 aromatic rings. The summed E-state index contributed by atoms with van der Waals surface area (Å²) in [4.78, 5) is 2.09. The van der Waals surface area contributed by atoms with Crippen molar-refractivity contribution in [2.75, 3.05) is 34.2 Å². The molecule has 1 N–H and O–H groups in total. The lowest BCUT2D eigenvalue weighted by Crippen LogP contribution is -3.03. The van der Waals surface area contributed by atoms with Gasteiger partial charge in [-0.05, 0) is 14.1 Å². The van der Waals surface area contributed by atoms with Gasteiger partial charge in [-0.15, -0.1) is 0 Å². The molecule has 0 aliphatic carbocycles. The second kappa shape index (κ2) is 4.73. The fraction of sp³-hybridized carbons (Fsp3) is 1.00. The number of nitrogens with one attached hydrogen (secondary N) is 1. The summed E-state index contributed by atoms with van der Waals surface area (Å²) in [6.07, 6.45) is 0.988. The topological polar surface area (TPSA) is 30.7 Å². The normalized spacial score (nSPS) is 14.3. The molecule has 0 heterocycles. The molecular weight excluding hydrogens is 116 g/mol. The number of hydrogen-bond acceptors (Lipinski definition) is 2. The van der Waals surface area contributed by atoms with Gasteiger partial charge in [-0.3, -0.25) is 0 Å². The summed E-state index contributed by atoms with van der Waals surface area (Å²) in [6.45, 7) is 1.73. The fourth-order valence-corrected chi connectivity index (χ4v) is 0.644. The van der Waals surface area contributed by atoms with Gasteiger partial charge in [0.15, 0.2) is 0 Å². The molecule has 3 heteroatoms. The van der Waals surface area contributed by atoms with Gasteiger partial charge in [0.1, 0.15) is 0 Å². The van der Waals surface area contributed by atoms with Gasteiger partial charge in [-0.25, -0.2) is 0 Å². The summed E-state index contributed by atoms with van der Waals surface area (Å²) in [6, 6.07) is 0. The van der Waals surface area contributed by atoms with Crippen LogP contribution >= 0.6 is 0 Å². The van der Waals surface area contributed by atoms with Gasteiger partial charge in [0.2, 0.25) is 0 Å². The minimum absolute atomic E-state index is 0.289. The van der Waals surface area contributed by atoms with E-state index < -0.39 is 0 Å². The molecule has 0 rings (SSSR count). The highest BCUT2D eigenvalue weighted by Crippen LogP contribution is 1.76. The molecular formula is C6H16N2O. The first-order chi connectivity index (χ1) is 4.13. The van der Waals surface area contributed by atoms with Crippen LogP contribution in [0.4, 0.5) is 0 Å². The van der Waals surface area contributed by atoms with Gasteiger partial charge in [0.25, 0.3) is 0 Å². The SMILES string of the molecule is CN(C)CCC[NH+](C)[O-]. The largest absolute Gasteiger partial charge is 0.634 e. The van der Waals surface area contributed by atoms with Crippen LogP contribution in [-0.2, 0) is 0 Å². The van der Waals surface area contributed by atoms with Gasteiger partial charge in [0.05, 0.1) is 13.6 Å². The van der Waals surface area contributed by atoms with Crippen LogP contribution in [0.1, 0.15) is 6.42 Å². The molecule has 9 heavy (non-hydrogen) atoms. The van der Waals surface area contributed by atoms with E-state index in [1.54, 1.807) is 7.05 Å². The van der Waals surface area contributed by atoms with Crippen molar-refractivity contribution in [3.05, 3.63) is 5.21 Å². The summed E-state index contributed by atoms with van der Waals surface area (Å²) >= 11 is 0. The third-order valence-electron chi connectivity index (χ3n) is 1.13. The van der Waals surface area contributed by atoms with Crippen LogP contribution in [0.15, 0.2) is 0 Å². The molecule has 56 valence electrons. The summed E-state index contributed by atoms with van der Waals surface area (Å²) < 4.78 is 0. The number of rotatable bonds is 4. The van der Waals surface area contributed by atoms with Gasteiger partial charge in [-0.1, -0.05) is 0 Å². The molecule has 0 radical (unpaired) electrons. The molecule has 0 amide bonds. The zero-order valence-electron chi connectivity index (χ0n) is 6.48. The Morgan fingerprint density at radius 1 is 1.44 bits per heavy atom. The van der Waals surface area contributed by atoms with Gasteiger partial charge in [-0.2, -0.15) is 0 Å². The highest BCUT2D eigenvalue weighted by atomic mass is 16.5. The lowest BCUT2D eigenvalue weighted by molar-refractivity contribution is -0.826. The second-order valence-electron chi connectivity index (χ2n) is 2.61. The molecule has 0 aliphatic heterocycles. The standard InChI is InChI=1S/C6H16N2O/c1-7(2)5-4-6-8(3)9/h8H,4-6H2,1-3H3. The van der Waals surface area contributed by atoms with E-state index in [4.69, 9.17) is 0 Å². The van der Waals surface area contributed by atoms with Crippen LogP contribution in [0.3, 0.4) is 0 Å². The number of hydroxylamine groups is 2. The molecule has 0 spiro atoms. The Labute approximate surface area is 56.8 Å². The quantitative estimate of drug-likeness (QED) is 0.495. The van der Waals surface area contributed by atoms with Gasteiger partial charge >= 0.3 is 0 Å². The minimum atomic E-state index is 0.289. The highest BCUT2D eigenvalue weighted by molar-refractivity contribution is 4.40. The Hall–Kier alpha value is -0.120. The number of nitrogens with zero attached hydrogens (tertiary/aromatic N) is 1. The predicted molar refractivity (Wildman–Crippen MR) is 38.3 cm³/mol. The minimum Gasteiger partial charge on any atom is -0.634 e. The van der Waals surface area contributed by atoms with E-state index >= 15 is 0 Å². The van der Waals surface area contributed by atoms with Crippen molar-refractivity contribution in [2.45, 2.75) is 6.42 Å². The average molecular weight is 132 g/mol. The molecule has 1 unspecified atom stereocenters. The van der Waals surface area contributed by atoms with Crippen LogP contribution in [-0.4, -0.2) is 39.1 Å². The van der Waals surface area contributed by atoms with Crippen molar-refractivity contribution in [1.29, 1.82) is 0 Å². The summed E-state index contributed by atoms with van der Waals surface area (Å²) in [5.41, 5.74) is 0. The zero-order valence-corrected chi connectivity index (χ0v) is 6.48. The highest BCUT2D eigenvalue weighted by Gasteiger charge is 1.91. The Bertz CT molecular complexity index is 56.1. The van der Waals surface area contributed by atoms with Crippen molar-refractivity contribution < 1.29 is 5.06 Å². The van der Waals surface area contributed by atoms with Crippen molar-refractivity contribution in [2.24, 2.45) is 0 Å². The van der Waals surface area contributed by atoms with Crippen molar-refractivity contribution in [3.8, 4) is 0 Å². The molecule has 0 aromatic heterocycles. The van der Waals surface area contributed by atoms with Crippen LogP contribution < -0.4 is 5.06 Å². The maximum Gasteiger partial charge on any atom is 0.0778 e. The molecule has 0 fully saturated rings. The molecule has 0 aromatic carbocycles. The molecule has 0 aliphatic rings. The molecule has 0 saturated heterocycles. The van der Waals surface area contributed by atoms with Crippen molar-refractivity contribution in [1.82, 2.24) is 4.90 Å². The predicted octanol–water partition coefficient (Wildman–Crippen LogP) is -1.05. The zero-order chi connectivity index (χ0) is 7.28. The van der Waals surface area contributed by atoms with E-state index in [2.05, 4.69) is 4.90 Å². The van der Waals surface area contributed by atoms with E-state index in [-0.39, 0.29) is 5.06 Å². The van der Waals surface area contributed by atoms with Gasteiger partial charge in [0, 0.05) is 13.0 Å². The van der Waals surface area contributed by atoms with Crippen molar-refractivity contribution >= 4 is 0 Å². The first-order valence-corrected chi connectivity index (χ1v) is 3.27. The Kier molecular flexibility index (Phi) is 4.67.